The molecule has 0 bridgehead atoms. The summed E-state index contributed by atoms with van der Waals surface area (Å²) in [5.41, 5.74) is 9.24. The summed E-state index contributed by atoms with van der Waals surface area (Å²) >= 11 is 6.48. The molecule has 0 saturated carbocycles. The third-order valence-corrected chi connectivity index (χ3v) is 5.01. The fourth-order valence-electron chi connectivity index (χ4n) is 3.33. The first-order valence-corrected chi connectivity index (χ1v) is 9.77. The molecule has 0 radical (unpaired) electrons. The summed E-state index contributed by atoms with van der Waals surface area (Å²) in [7, 11) is 0. The molecule has 3 N–H and O–H groups in total. The highest BCUT2D eigenvalue weighted by atomic mass is 35.5. The number of hydrogen-bond donors (Lipinski definition) is 2. The van der Waals surface area contributed by atoms with Gasteiger partial charge in [0.05, 0.1) is 22.3 Å². The summed E-state index contributed by atoms with van der Waals surface area (Å²) in [6, 6.07) is 13.2. The normalized spacial score (nSPS) is 10.6. The van der Waals surface area contributed by atoms with E-state index in [2.05, 4.69) is 20.4 Å². The molecule has 8 nitrogen and oxygen atoms in total. The van der Waals surface area contributed by atoms with Gasteiger partial charge in [-0.05, 0) is 42.5 Å². The zero-order valence-corrected chi connectivity index (χ0v) is 19.1. The average molecular weight is 493 g/mol. The van der Waals surface area contributed by atoms with Gasteiger partial charge in [-0.3, -0.25) is 0 Å². The summed E-state index contributed by atoms with van der Waals surface area (Å²) in [6.45, 7) is 1.21. The summed E-state index contributed by atoms with van der Waals surface area (Å²) in [6.07, 6.45) is 7.03. The molecule has 5 rings (SSSR count). The monoisotopic (exact) mass is 491 g/mol. The summed E-state index contributed by atoms with van der Waals surface area (Å²) in [4.78, 5) is 8.71. The lowest BCUT2D eigenvalue weighted by molar-refractivity contribution is 0.479. The first-order chi connectivity index (χ1) is 14.7. The molecular weight excluding hydrogens is 473 g/mol. The van der Waals surface area contributed by atoms with Crippen LogP contribution in [0.1, 0.15) is 0 Å². The third-order valence-electron chi connectivity index (χ3n) is 4.71. The largest absolute Gasteiger partial charge is 0.454 e. The van der Waals surface area contributed by atoms with Crippen LogP contribution in [0.2, 0.25) is 5.02 Å². The minimum absolute atomic E-state index is 0. The number of nitrogens with one attached hydrogen (secondary N) is 1. The summed E-state index contributed by atoms with van der Waals surface area (Å²) in [5.74, 6) is 1.88. The van der Waals surface area contributed by atoms with E-state index in [9.17, 15) is 0 Å². The number of fused-ring (bicyclic) bond motifs is 2. The Kier molecular flexibility index (Phi) is 7.42. The minimum atomic E-state index is 0. The highest BCUT2D eigenvalue weighted by Crippen LogP contribution is 2.33. The second kappa shape index (κ2) is 10.1. The second-order valence-electron chi connectivity index (χ2n) is 6.69. The van der Waals surface area contributed by atoms with Gasteiger partial charge >= 0.3 is 0 Å². The fourth-order valence-corrected chi connectivity index (χ4v) is 3.55. The SMILES string of the molecule is Cl.Cl.NCCn1ccc2ncnc(Nc3ccc(Oc4ccc5ccnn5c4)c(Cl)c3)c21. The lowest BCUT2D eigenvalue weighted by Crippen LogP contribution is -2.10. The third kappa shape index (κ3) is 4.58. The van der Waals surface area contributed by atoms with Crippen molar-refractivity contribution in [2.75, 3.05) is 11.9 Å². The Bertz CT molecular complexity index is 1350. The molecule has 32 heavy (non-hydrogen) atoms. The summed E-state index contributed by atoms with van der Waals surface area (Å²) < 4.78 is 9.71. The quantitative estimate of drug-likeness (QED) is 0.343. The molecule has 0 spiro atoms. The maximum Gasteiger partial charge on any atom is 0.158 e. The minimum Gasteiger partial charge on any atom is -0.454 e. The molecule has 11 heteroatoms. The van der Waals surface area contributed by atoms with Gasteiger partial charge in [0.25, 0.3) is 0 Å². The Morgan fingerprint density at radius 3 is 2.75 bits per heavy atom. The molecule has 4 aromatic heterocycles. The van der Waals surface area contributed by atoms with Gasteiger partial charge in [0.15, 0.2) is 5.82 Å². The highest BCUT2D eigenvalue weighted by Gasteiger charge is 2.11. The lowest BCUT2D eigenvalue weighted by Gasteiger charge is -2.12. The molecule has 0 aliphatic carbocycles. The van der Waals surface area contributed by atoms with Gasteiger partial charge in [0, 0.05) is 31.2 Å². The van der Waals surface area contributed by atoms with E-state index in [-0.39, 0.29) is 24.8 Å². The smallest absolute Gasteiger partial charge is 0.158 e. The van der Waals surface area contributed by atoms with E-state index in [1.165, 1.54) is 6.33 Å². The van der Waals surface area contributed by atoms with E-state index < -0.39 is 0 Å². The van der Waals surface area contributed by atoms with Crippen molar-refractivity contribution < 1.29 is 4.74 Å². The Morgan fingerprint density at radius 2 is 1.94 bits per heavy atom. The van der Waals surface area contributed by atoms with Crippen LogP contribution in [-0.2, 0) is 6.54 Å². The van der Waals surface area contributed by atoms with Crippen LogP contribution in [0.25, 0.3) is 16.6 Å². The molecular formula is C21H20Cl3N7O. The number of aromatic nitrogens is 5. The van der Waals surface area contributed by atoms with Crippen LogP contribution in [0.3, 0.4) is 0 Å². The van der Waals surface area contributed by atoms with E-state index >= 15 is 0 Å². The number of pyridine rings is 1. The first-order valence-electron chi connectivity index (χ1n) is 9.39. The van der Waals surface area contributed by atoms with E-state index in [0.29, 0.717) is 35.4 Å². The zero-order valence-electron chi connectivity index (χ0n) is 16.7. The molecule has 0 amide bonds. The van der Waals surface area contributed by atoms with Gasteiger partial charge in [-0.1, -0.05) is 11.6 Å². The molecule has 0 fully saturated rings. The maximum atomic E-state index is 6.48. The van der Waals surface area contributed by atoms with Crippen molar-refractivity contribution in [3.05, 3.63) is 72.4 Å². The number of nitrogens with zero attached hydrogens (tertiary/aromatic N) is 5. The van der Waals surface area contributed by atoms with Crippen LogP contribution < -0.4 is 15.8 Å². The zero-order chi connectivity index (χ0) is 20.5. The Labute approximate surface area is 201 Å². The highest BCUT2D eigenvalue weighted by molar-refractivity contribution is 6.32. The molecule has 0 unspecified atom stereocenters. The van der Waals surface area contributed by atoms with Gasteiger partial charge in [-0.15, -0.1) is 24.8 Å². The number of halogens is 3. The van der Waals surface area contributed by atoms with Crippen LogP contribution in [-0.4, -0.2) is 30.7 Å². The van der Waals surface area contributed by atoms with Gasteiger partial charge in [0.2, 0.25) is 0 Å². The Balaban J connectivity index is 0.00000144. The van der Waals surface area contributed by atoms with Crippen molar-refractivity contribution in [3.63, 3.8) is 0 Å². The van der Waals surface area contributed by atoms with Crippen molar-refractivity contribution in [2.24, 2.45) is 5.73 Å². The van der Waals surface area contributed by atoms with Crippen LogP contribution in [0.15, 0.2) is 67.4 Å². The second-order valence-corrected chi connectivity index (χ2v) is 7.10. The Hall–Kier alpha value is -3.04. The molecule has 0 aliphatic heterocycles. The number of rotatable bonds is 6. The van der Waals surface area contributed by atoms with Crippen molar-refractivity contribution in [2.45, 2.75) is 6.54 Å². The molecule has 4 heterocycles. The standard InChI is InChI=1S/C21H18ClN7O.2ClH/c22-17-11-14(27-21-20-18(24-13-25-21)6-9-28(20)10-7-23)1-4-19(17)30-16-3-2-15-5-8-26-29(15)12-16;;/h1-6,8-9,11-13H,7,10,23H2,(H,24,25,27);2*1H. The summed E-state index contributed by atoms with van der Waals surface area (Å²) in [5, 5.41) is 8.01. The van der Waals surface area contributed by atoms with Crippen molar-refractivity contribution in [1.82, 2.24) is 24.1 Å². The van der Waals surface area contributed by atoms with Crippen LogP contribution in [0.4, 0.5) is 11.5 Å². The topological polar surface area (TPSA) is 95.3 Å². The van der Waals surface area contributed by atoms with Gasteiger partial charge in [-0.2, -0.15) is 5.10 Å². The molecule has 166 valence electrons. The predicted molar refractivity (Wildman–Crippen MR) is 131 cm³/mol. The van der Waals surface area contributed by atoms with E-state index in [1.807, 2.05) is 47.2 Å². The molecule has 1 aromatic carbocycles. The fraction of sp³-hybridized carbons (Fsp3) is 0.0952. The number of hydrogen-bond acceptors (Lipinski definition) is 6. The van der Waals surface area contributed by atoms with Gasteiger partial charge < -0.3 is 20.4 Å². The maximum absolute atomic E-state index is 6.48. The van der Waals surface area contributed by atoms with Crippen LogP contribution in [0.5, 0.6) is 11.5 Å². The van der Waals surface area contributed by atoms with E-state index in [1.54, 1.807) is 23.0 Å². The molecule has 5 aromatic rings. The first kappa shape index (κ1) is 23.6. The predicted octanol–water partition coefficient (Wildman–Crippen LogP) is 5.07. The van der Waals surface area contributed by atoms with Crippen molar-refractivity contribution in [1.29, 1.82) is 0 Å². The number of anilines is 2. The van der Waals surface area contributed by atoms with Crippen LogP contribution >= 0.6 is 36.4 Å². The lowest BCUT2D eigenvalue weighted by atomic mass is 10.3. The molecule has 0 aliphatic rings. The average Bonchev–Trinajstić information content (AvgIpc) is 3.38. The number of nitrogens with two attached hydrogens (primary N) is 1. The number of ether oxygens (including phenoxy) is 1. The molecule has 0 saturated heterocycles. The number of benzene rings is 1. The Morgan fingerprint density at radius 1 is 1.06 bits per heavy atom. The van der Waals surface area contributed by atoms with Crippen molar-refractivity contribution >= 4 is 64.5 Å². The van der Waals surface area contributed by atoms with E-state index in [4.69, 9.17) is 22.1 Å². The van der Waals surface area contributed by atoms with Crippen molar-refractivity contribution in [3.8, 4) is 11.5 Å². The van der Waals surface area contributed by atoms with Gasteiger partial charge in [0.1, 0.15) is 23.3 Å². The molecule has 0 atom stereocenters. The van der Waals surface area contributed by atoms with Crippen LogP contribution in [0, 0.1) is 0 Å². The van der Waals surface area contributed by atoms with Gasteiger partial charge in [-0.25, -0.2) is 14.5 Å². The van der Waals surface area contributed by atoms with E-state index in [0.717, 1.165) is 22.2 Å².